The summed E-state index contributed by atoms with van der Waals surface area (Å²) in [5.74, 6) is 0. The molecule has 0 aromatic carbocycles. The topological polar surface area (TPSA) is 17.8 Å². The number of nitrogens with zero attached hydrogens (tertiary/aromatic N) is 2. The van der Waals surface area contributed by atoms with Crippen molar-refractivity contribution in [3.05, 3.63) is 48.8 Å². The second-order valence-electron chi connectivity index (χ2n) is 2.77. The minimum atomic E-state index is 0.906. The second-order valence-corrected chi connectivity index (χ2v) is 2.77. The first-order valence-corrected chi connectivity index (χ1v) is 4.24. The fraction of sp³-hybridized carbons (Fsp3) is 0.182. The smallest absolute Gasteiger partial charge is 0.0602 e. The van der Waals surface area contributed by atoms with Crippen LogP contribution < -0.4 is 0 Å². The minimum absolute atomic E-state index is 0.906. The summed E-state index contributed by atoms with van der Waals surface area (Å²) in [6.45, 7) is 7.95. The van der Waals surface area contributed by atoms with Crippen molar-refractivity contribution in [3.63, 3.8) is 0 Å². The van der Waals surface area contributed by atoms with Gasteiger partial charge in [-0.1, -0.05) is 24.8 Å². The highest BCUT2D eigenvalue weighted by Gasteiger charge is 1.97. The van der Waals surface area contributed by atoms with Crippen LogP contribution in [0.1, 0.15) is 13.8 Å². The molecule has 1 aromatic rings. The van der Waals surface area contributed by atoms with Gasteiger partial charge in [-0.3, -0.25) is 0 Å². The van der Waals surface area contributed by atoms with Crippen LogP contribution in [0, 0.1) is 0 Å². The molecule has 0 bridgehead atoms. The van der Waals surface area contributed by atoms with E-state index in [1.165, 1.54) is 0 Å². The normalized spacial score (nSPS) is 12.3. The van der Waals surface area contributed by atoms with Crippen LogP contribution in [-0.4, -0.2) is 9.78 Å². The standard InChI is InChI=1S/C11H14N2/c1-4-5-7-10(2)11(3)13-9-6-8-12-13/h4-9H,3H2,1-2H3/b5-4-,10-7-. The zero-order valence-electron chi connectivity index (χ0n) is 8.07. The third-order valence-corrected chi connectivity index (χ3v) is 1.77. The zero-order valence-corrected chi connectivity index (χ0v) is 8.07. The van der Waals surface area contributed by atoms with Crippen LogP contribution in [-0.2, 0) is 0 Å². The molecule has 0 fully saturated rings. The Morgan fingerprint density at radius 3 is 2.85 bits per heavy atom. The molecule has 2 heteroatoms. The van der Waals surface area contributed by atoms with Crippen molar-refractivity contribution in [3.8, 4) is 0 Å². The first kappa shape index (κ1) is 9.52. The van der Waals surface area contributed by atoms with Crippen LogP contribution >= 0.6 is 0 Å². The molecule has 68 valence electrons. The van der Waals surface area contributed by atoms with Crippen molar-refractivity contribution in [1.82, 2.24) is 9.78 Å². The minimum Gasteiger partial charge on any atom is -0.241 e. The SMILES string of the molecule is C=C(/C(C)=C\C=C/C)n1cccn1. The molecule has 0 aliphatic rings. The Morgan fingerprint density at radius 1 is 1.54 bits per heavy atom. The lowest BCUT2D eigenvalue weighted by atomic mass is 10.2. The Labute approximate surface area is 78.9 Å². The number of hydrogen-bond acceptors (Lipinski definition) is 1. The zero-order chi connectivity index (χ0) is 9.68. The van der Waals surface area contributed by atoms with Gasteiger partial charge < -0.3 is 0 Å². The molecular formula is C11H14N2. The lowest BCUT2D eigenvalue weighted by Gasteiger charge is -2.04. The van der Waals surface area contributed by atoms with Gasteiger partial charge in [-0.05, 0) is 25.5 Å². The molecule has 13 heavy (non-hydrogen) atoms. The number of rotatable bonds is 3. The molecule has 0 radical (unpaired) electrons. The van der Waals surface area contributed by atoms with E-state index in [4.69, 9.17) is 0 Å². The molecule has 0 saturated heterocycles. The maximum absolute atomic E-state index is 4.10. The molecule has 0 N–H and O–H groups in total. The van der Waals surface area contributed by atoms with E-state index in [9.17, 15) is 0 Å². The first-order valence-electron chi connectivity index (χ1n) is 4.24. The fourth-order valence-electron chi connectivity index (χ4n) is 0.946. The summed E-state index contributed by atoms with van der Waals surface area (Å²) in [6, 6.07) is 1.88. The monoisotopic (exact) mass is 174 g/mol. The molecule has 1 heterocycles. The van der Waals surface area contributed by atoms with Crippen molar-refractivity contribution in [2.75, 3.05) is 0 Å². The first-order chi connectivity index (χ1) is 6.25. The van der Waals surface area contributed by atoms with Gasteiger partial charge in [-0.2, -0.15) is 5.10 Å². The van der Waals surface area contributed by atoms with E-state index < -0.39 is 0 Å². The van der Waals surface area contributed by atoms with Gasteiger partial charge in [0.1, 0.15) is 0 Å². The summed E-state index contributed by atoms with van der Waals surface area (Å²) < 4.78 is 1.76. The van der Waals surface area contributed by atoms with E-state index in [1.807, 2.05) is 44.3 Å². The van der Waals surface area contributed by atoms with Crippen molar-refractivity contribution >= 4 is 5.70 Å². The molecule has 0 aliphatic heterocycles. The Morgan fingerprint density at radius 2 is 2.31 bits per heavy atom. The summed E-state index contributed by atoms with van der Waals surface area (Å²) in [6.07, 6.45) is 9.62. The average molecular weight is 174 g/mol. The van der Waals surface area contributed by atoms with Crippen molar-refractivity contribution in [1.29, 1.82) is 0 Å². The van der Waals surface area contributed by atoms with Crippen LogP contribution in [0.25, 0.3) is 5.70 Å². The predicted octanol–water partition coefficient (Wildman–Crippen LogP) is 2.88. The molecule has 1 rings (SSSR count). The van der Waals surface area contributed by atoms with Crippen molar-refractivity contribution < 1.29 is 0 Å². The van der Waals surface area contributed by atoms with Crippen LogP contribution in [0.5, 0.6) is 0 Å². The van der Waals surface area contributed by atoms with E-state index in [2.05, 4.69) is 11.7 Å². The Hall–Kier alpha value is -1.57. The Bertz CT molecular complexity index is 329. The van der Waals surface area contributed by atoms with Gasteiger partial charge in [-0.25, -0.2) is 4.68 Å². The lowest BCUT2D eigenvalue weighted by molar-refractivity contribution is 0.902. The van der Waals surface area contributed by atoms with E-state index in [0.717, 1.165) is 11.3 Å². The van der Waals surface area contributed by atoms with Gasteiger partial charge in [0, 0.05) is 12.4 Å². The Balaban J connectivity index is 2.80. The summed E-state index contributed by atoms with van der Waals surface area (Å²) in [4.78, 5) is 0. The molecule has 0 aliphatic carbocycles. The molecule has 0 spiro atoms. The van der Waals surface area contributed by atoms with Crippen LogP contribution in [0.15, 0.2) is 48.8 Å². The third kappa shape index (κ3) is 2.44. The highest BCUT2D eigenvalue weighted by atomic mass is 15.3. The summed E-state index contributed by atoms with van der Waals surface area (Å²) in [7, 11) is 0. The van der Waals surface area contributed by atoms with Gasteiger partial charge in [0.25, 0.3) is 0 Å². The summed E-state index contributed by atoms with van der Waals surface area (Å²) in [5, 5.41) is 4.10. The third-order valence-electron chi connectivity index (χ3n) is 1.77. The maximum Gasteiger partial charge on any atom is 0.0602 e. The highest BCUT2D eigenvalue weighted by Crippen LogP contribution is 2.11. The molecular weight excluding hydrogens is 160 g/mol. The number of aromatic nitrogens is 2. The van der Waals surface area contributed by atoms with E-state index >= 15 is 0 Å². The van der Waals surface area contributed by atoms with E-state index in [-0.39, 0.29) is 0 Å². The van der Waals surface area contributed by atoms with Crippen LogP contribution in [0.4, 0.5) is 0 Å². The lowest BCUT2D eigenvalue weighted by Crippen LogP contribution is -1.96. The fourth-order valence-corrected chi connectivity index (χ4v) is 0.946. The van der Waals surface area contributed by atoms with Gasteiger partial charge in [-0.15, -0.1) is 0 Å². The summed E-state index contributed by atoms with van der Waals surface area (Å²) >= 11 is 0. The number of allylic oxidation sites excluding steroid dienone is 5. The molecule has 2 nitrogen and oxygen atoms in total. The van der Waals surface area contributed by atoms with E-state index in [0.29, 0.717) is 0 Å². The molecule has 0 saturated carbocycles. The highest BCUT2D eigenvalue weighted by molar-refractivity contribution is 5.60. The maximum atomic E-state index is 4.10. The van der Waals surface area contributed by atoms with Crippen molar-refractivity contribution in [2.24, 2.45) is 0 Å². The van der Waals surface area contributed by atoms with Crippen molar-refractivity contribution in [2.45, 2.75) is 13.8 Å². The van der Waals surface area contributed by atoms with Gasteiger partial charge in [0.2, 0.25) is 0 Å². The van der Waals surface area contributed by atoms with Gasteiger partial charge >= 0.3 is 0 Å². The average Bonchev–Trinajstić information content (AvgIpc) is 2.65. The van der Waals surface area contributed by atoms with Gasteiger partial charge in [0.05, 0.1) is 5.70 Å². The predicted molar refractivity (Wildman–Crippen MR) is 56.1 cm³/mol. The largest absolute Gasteiger partial charge is 0.241 e. The summed E-state index contributed by atoms with van der Waals surface area (Å²) in [5.41, 5.74) is 2.02. The van der Waals surface area contributed by atoms with E-state index in [1.54, 1.807) is 10.9 Å². The quantitative estimate of drug-likeness (QED) is 0.644. The number of hydrogen-bond donors (Lipinski definition) is 0. The molecule has 1 aromatic heterocycles. The van der Waals surface area contributed by atoms with Gasteiger partial charge in [0.15, 0.2) is 0 Å². The molecule has 0 amide bonds. The molecule has 0 atom stereocenters. The second kappa shape index (κ2) is 4.45. The molecule has 0 unspecified atom stereocenters. The van der Waals surface area contributed by atoms with Crippen LogP contribution in [0.2, 0.25) is 0 Å². The Kier molecular flexibility index (Phi) is 3.26. The van der Waals surface area contributed by atoms with Crippen LogP contribution in [0.3, 0.4) is 0 Å².